The van der Waals surface area contributed by atoms with E-state index in [9.17, 15) is 0 Å². The van der Waals surface area contributed by atoms with Crippen molar-refractivity contribution in [3.63, 3.8) is 0 Å². The molecule has 20 heavy (non-hydrogen) atoms. The lowest BCUT2D eigenvalue weighted by Gasteiger charge is -2.32. The van der Waals surface area contributed by atoms with Crippen molar-refractivity contribution in [2.75, 3.05) is 27.3 Å². The van der Waals surface area contributed by atoms with Crippen molar-refractivity contribution in [1.29, 1.82) is 0 Å². The molecular formula is C16H26N2O2. The maximum Gasteiger partial charge on any atom is 0.161 e. The third kappa shape index (κ3) is 2.91. The number of ether oxygens (including phenoxy) is 2. The molecule has 0 spiro atoms. The smallest absolute Gasteiger partial charge is 0.161 e. The van der Waals surface area contributed by atoms with E-state index in [1.807, 2.05) is 6.07 Å². The molecule has 1 aromatic carbocycles. The van der Waals surface area contributed by atoms with E-state index in [0.29, 0.717) is 12.6 Å². The summed E-state index contributed by atoms with van der Waals surface area (Å²) in [6.07, 6.45) is 3.73. The molecule has 0 saturated carbocycles. The summed E-state index contributed by atoms with van der Waals surface area (Å²) < 4.78 is 10.7. The molecule has 2 N–H and O–H groups in total. The van der Waals surface area contributed by atoms with Crippen LogP contribution in [0.2, 0.25) is 0 Å². The fourth-order valence-electron chi connectivity index (χ4n) is 3.23. The topological polar surface area (TPSA) is 47.7 Å². The lowest BCUT2D eigenvalue weighted by atomic mass is 10.0. The van der Waals surface area contributed by atoms with E-state index >= 15 is 0 Å². The average Bonchev–Trinajstić information content (AvgIpc) is 2.96. The second kappa shape index (κ2) is 6.95. The van der Waals surface area contributed by atoms with Crippen LogP contribution in [0.4, 0.5) is 0 Å². The minimum Gasteiger partial charge on any atom is -0.493 e. The molecule has 1 aliphatic rings. The molecule has 1 aromatic rings. The highest BCUT2D eigenvalue weighted by atomic mass is 16.5. The molecule has 112 valence electrons. The fourth-order valence-corrected chi connectivity index (χ4v) is 3.23. The quantitative estimate of drug-likeness (QED) is 0.869. The van der Waals surface area contributed by atoms with E-state index in [0.717, 1.165) is 18.0 Å². The molecule has 1 saturated heterocycles. The van der Waals surface area contributed by atoms with Crippen LogP contribution < -0.4 is 15.2 Å². The Morgan fingerprint density at radius 3 is 2.65 bits per heavy atom. The summed E-state index contributed by atoms with van der Waals surface area (Å²) in [5, 5.41) is 0. The molecule has 4 nitrogen and oxygen atoms in total. The van der Waals surface area contributed by atoms with Crippen LogP contribution >= 0.6 is 0 Å². The summed E-state index contributed by atoms with van der Waals surface area (Å²) in [4.78, 5) is 2.54. The van der Waals surface area contributed by atoms with E-state index < -0.39 is 0 Å². The van der Waals surface area contributed by atoms with Gasteiger partial charge in [-0.1, -0.05) is 13.0 Å². The van der Waals surface area contributed by atoms with Crippen LogP contribution in [0.3, 0.4) is 0 Å². The van der Waals surface area contributed by atoms with Gasteiger partial charge < -0.3 is 15.2 Å². The van der Waals surface area contributed by atoms with Crippen molar-refractivity contribution < 1.29 is 9.47 Å². The van der Waals surface area contributed by atoms with Crippen LogP contribution in [-0.2, 0) is 0 Å². The molecule has 0 radical (unpaired) electrons. The van der Waals surface area contributed by atoms with Crippen molar-refractivity contribution in [3.8, 4) is 11.5 Å². The van der Waals surface area contributed by atoms with Gasteiger partial charge in [0.05, 0.1) is 14.2 Å². The summed E-state index contributed by atoms with van der Waals surface area (Å²) in [5.41, 5.74) is 7.26. The molecule has 2 unspecified atom stereocenters. The van der Waals surface area contributed by atoms with Gasteiger partial charge in [0.15, 0.2) is 11.5 Å². The SMILES string of the molecule is CCC1CCCN1C(CN)c1ccc(OC)c(OC)c1. The molecule has 4 heteroatoms. The van der Waals surface area contributed by atoms with Crippen molar-refractivity contribution in [2.45, 2.75) is 38.3 Å². The zero-order valence-electron chi connectivity index (χ0n) is 12.8. The third-order valence-electron chi connectivity index (χ3n) is 4.31. The lowest BCUT2D eigenvalue weighted by molar-refractivity contribution is 0.180. The Hall–Kier alpha value is -1.26. The van der Waals surface area contributed by atoms with Crippen molar-refractivity contribution >= 4 is 0 Å². The molecule has 0 aromatic heterocycles. The van der Waals surface area contributed by atoms with E-state index in [4.69, 9.17) is 15.2 Å². The van der Waals surface area contributed by atoms with E-state index in [-0.39, 0.29) is 6.04 Å². The monoisotopic (exact) mass is 278 g/mol. The first-order valence-corrected chi connectivity index (χ1v) is 7.42. The largest absolute Gasteiger partial charge is 0.493 e. The first-order chi connectivity index (χ1) is 9.74. The van der Waals surface area contributed by atoms with Gasteiger partial charge in [-0.15, -0.1) is 0 Å². The fraction of sp³-hybridized carbons (Fsp3) is 0.625. The maximum atomic E-state index is 6.05. The van der Waals surface area contributed by atoms with Crippen LogP contribution in [0, 0.1) is 0 Å². The van der Waals surface area contributed by atoms with Gasteiger partial charge in [-0.2, -0.15) is 0 Å². The van der Waals surface area contributed by atoms with Crippen LogP contribution in [0.5, 0.6) is 11.5 Å². The molecule has 1 aliphatic heterocycles. The number of benzene rings is 1. The standard InChI is InChI=1S/C16H26N2O2/c1-4-13-6-5-9-18(13)14(11-17)12-7-8-15(19-2)16(10-12)20-3/h7-8,10,13-14H,4-6,9,11,17H2,1-3H3. The highest BCUT2D eigenvalue weighted by Crippen LogP contribution is 2.35. The second-order valence-corrected chi connectivity index (χ2v) is 5.31. The molecule has 2 atom stereocenters. The molecule has 1 heterocycles. The Morgan fingerprint density at radius 1 is 1.30 bits per heavy atom. The van der Waals surface area contributed by atoms with Crippen molar-refractivity contribution in [3.05, 3.63) is 23.8 Å². The van der Waals surface area contributed by atoms with E-state index in [1.54, 1.807) is 14.2 Å². The van der Waals surface area contributed by atoms with Crippen LogP contribution in [0.1, 0.15) is 37.8 Å². The third-order valence-corrected chi connectivity index (χ3v) is 4.31. The second-order valence-electron chi connectivity index (χ2n) is 5.31. The number of hydrogen-bond donors (Lipinski definition) is 1. The predicted octanol–water partition coefficient (Wildman–Crippen LogP) is 2.58. The van der Waals surface area contributed by atoms with Gasteiger partial charge in [-0.05, 0) is 43.5 Å². The van der Waals surface area contributed by atoms with Crippen LogP contribution in [-0.4, -0.2) is 38.3 Å². The van der Waals surface area contributed by atoms with Crippen LogP contribution in [0.15, 0.2) is 18.2 Å². The van der Waals surface area contributed by atoms with Gasteiger partial charge in [0.25, 0.3) is 0 Å². The van der Waals surface area contributed by atoms with E-state index in [2.05, 4.69) is 24.0 Å². The Morgan fingerprint density at radius 2 is 2.05 bits per heavy atom. The molecule has 1 fully saturated rings. The zero-order valence-corrected chi connectivity index (χ0v) is 12.8. The number of methoxy groups -OCH3 is 2. The molecule has 2 rings (SSSR count). The minimum absolute atomic E-state index is 0.266. The number of nitrogens with zero attached hydrogens (tertiary/aromatic N) is 1. The Bertz CT molecular complexity index is 436. The number of hydrogen-bond acceptors (Lipinski definition) is 4. The summed E-state index contributed by atoms with van der Waals surface area (Å²) in [5.74, 6) is 1.54. The first kappa shape index (κ1) is 15.1. The molecule has 0 bridgehead atoms. The van der Waals surface area contributed by atoms with Gasteiger partial charge in [0.1, 0.15) is 0 Å². The summed E-state index contributed by atoms with van der Waals surface area (Å²) >= 11 is 0. The van der Waals surface area contributed by atoms with Gasteiger partial charge in [0, 0.05) is 18.6 Å². The van der Waals surface area contributed by atoms with Crippen molar-refractivity contribution in [1.82, 2.24) is 4.90 Å². The van der Waals surface area contributed by atoms with Gasteiger partial charge in [-0.25, -0.2) is 0 Å². The molecule has 0 amide bonds. The summed E-state index contributed by atoms with van der Waals surface area (Å²) in [6.45, 7) is 4.02. The maximum absolute atomic E-state index is 6.05. The van der Waals surface area contributed by atoms with Gasteiger partial charge >= 0.3 is 0 Å². The molecular weight excluding hydrogens is 252 g/mol. The van der Waals surface area contributed by atoms with Crippen LogP contribution in [0.25, 0.3) is 0 Å². The first-order valence-electron chi connectivity index (χ1n) is 7.42. The summed E-state index contributed by atoms with van der Waals surface area (Å²) in [7, 11) is 3.33. The van der Waals surface area contributed by atoms with Crippen molar-refractivity contribution in [2.24, 2.45) is 5.73 Å². The Kier molecular flexibility index (Phi) is 5.26. The minimum atomic E-state index is 0.266. The van der Waals surface area contributed by atoms with E-state index in [1.165, 1.54) is 24.8 Å². The highest BCUT2D eigenvalue weighted by molar-refractivity contribution is 5.44. The average molecular weight is 278 g/mol. The Labute approximate surface area is 121 Å². The number of likely N-dealkylation sites (tertiary alicyclic amines) is 1. The van der Waals surface area contributed by atoms with Gasteiger partial charge in [-0.3, -0.25) is 4.90 Å². The normalized spacial score (nSPS) is 20.9. The number of rotatable bonds is 6. The highest BCUT2D eigenvalue weighted by Gasteiger charge is 2.30. The Balaban J connectivity index is 2.27. The summed E-state index contributed by atoms with van der Waals surface area (Å²) in [6, 6.07) is 7.04. The number of nitrogens with two attached hydrogens (primary N) is 1. The molecule has 0 aliphatic carbocycles. The predicted molar refractivity (Wildman–Crippen MR) is 81.4 cm³/mol. The van der Waals surface area contributed by atoms with Gasteiger partial charge in [0.2, 0.25) is 0 Å². The lowest BCUT2D eigenvalue weighted by Crippen LogP contribution is -2.37. The zero-order chi connectivity index (χ0) is 14.5.